The lowest BCUT2D eigenvalue weighted by atomic mass is 9.95. The molecule has 0 unspecified atom stereocenters. The number of ether oxygens (including phenoxy) is 1. The van der Waals surface area contributed by atoms with Crippen molar-refractivity contribution in [2.75, 3.05) is 13.7 Å². The smallest absolute Gasteiger partial charge is 0.274 e. The fourth-order valence-corrected chi connectivity index (χ4v) is 4.11. The highest BCUT2D eigenvalue weighted by atomic mass is 35.5. The molecule has 0 radical (unpaired) electrons. The number of aromatic amines is 1. The van der Waals surface area contributed by atoms with E-state index in [4.69, 9.17) is 16.3 Å². The van der Waals surface area contributed by atoms with E-state index < -0.39 is 29.1 Å². The van der Waals surface area contributed by atoms with E-state index >= 15 is 0 Å². The molecule has 0 aliphatic carbocycles. The van der Waals surface area contributed by atoms with Crippen molar-refractivity contribution < 1.29 is 18.3 Å². The number of fused-ring (bicyclic) bond motifs is 4. The number of nitrogens with one attached hydrogen (secondary N) is 1. The van der Waals surface area contributed by atoms with Crippen LogP contribution in [0.5, 0.6) is 0 Å². The number of imidazole rings is 1. The van der Waals surface area contributed by atoms with Gasteiger partial charge in [0.1, 0.15) is 11.3 Å². The zero-order valence-corrected chi connectivity index (χ0v) is 16.9. The third-order valence-electron chi connectivity index (χ3n) is 5.46. The van der Waals surface area contributed by atoms with Crippen LogP contribution in [0.3, 0.4) is 0 Å². The summed E-state index contributed by atoms with van der Waals surface area (Å²) in [6.07, 6.45) is 3.19. The molecule has 10 heteroatoms. The van der Waals surface area contributed by atoms with Gasteiger partial charge in [0.2, 0.25) is 0 Å². The molecule has 1 aliphatic rings. The number of aromatic nitrogens is 3. The molecule has 0 bridgehead atoms. The number of carbonyl (C=O) groups excluding carboxylic acids is 1. The van der Waals surface area contributed by atoms with E-state index in [1.165, 1.54) is 4.90 Å². The number of nitrogens with zero attached hydrogens (tertiary/aromatic N) is 3. The van der Waals surface area contributed by atoms with E-state index in [-0.39, 0.29) is 29.7 Å². The summed E-state index contributed by atoms with van der Waals surface area (Å²) in [5.74, 6) is -2.59. The SMILES string of the molecule is CN(C(=O)c1cn2cc(Cl)ccc2n1)[C@H]1COCc2[nH]c(=O)c3cc(F)c(F)cc3c21. The Labute approximate surface area is 178 Å². The molecule has 31 heavy (non-hydrogen) atoms. The van der Waals surface area contributed by atoms with E-state index in [0.717, 1.165) is 12.1 Å². The van der Waals surface area contributed by atoms with Gasteiger partial charge < -0.3 is 19.0 Å². The highest BCUT2D eigenvalue weighted by Crippen LogP contribution is 2.34. The van der Waals surface area contributed by atoms with Crippen LogP contribution in [-0.4, -0.2) is 38.8 Å². The standard InChI is InChI=1S/C21H15ClF2N4O3/c1-27(21(30)15-7-28-6-10(22)2-3-18(28)25-15)17-9-31-8-16-19(17)11-4-13(23)14(24)5-12(11)20(29)26-16/h2-7,17H,8-9H2,1H3,(H,26,29)/t17-/m0/s1. The van der Waals surface area contributed by atoms with Gasteiger partial charge in [0.15, 0.2) is 11.6 Å². The predicted molar refractivity (Wildman–Crippen MR) is 109 cm³/mol. The second kappa shape index (κ2) is 7.14. The maximum absolute atomic E-state index is 14.0. The first kappa shape index (κ1) is 19.7. The first-order valence-electron chi connectivity index (χ1n) is 9.36. The molecule has 1 amide bonds. The average Bonchev–Trinajstić information content (AvgIpc) is 3.17. The molecule has 0 saturated heterocycles. The topological polar surface area (TPSA) is 79.7 Å². The second-order valence-electron chi connectivity index (χ2n) is 7.34. The van der Waals surface area contributed by atoms with E-state index in [1.54, 1.807) is 36.0 Å². The van der Waals surface area contributed by atoms with Gasteiger partial charge in [-0.15, -0.1) is 0 Å². The van der Waals surface area contributed by atoms with Crippen molar-refractivity contribution in [3.8, 4) is 0 Å². The summed E-state index contributed by atoms with van der Waals surface area (Å²) >= 11 is 5.99. The van der Waals surface area contributed by atoms with Crippen molar-refractivity contribution >= 4 is 33.9 Å². The van der Waals surface area contributed by atoms with Crippen molar-refractivity contribution in [2.45, 2.75) is 12.6 Å². The van der Waals surface area contributed by atoms with Gasteiger partial charge in [-0.25, -0.2) is 13.8 Å². The van der Waals surface area contributed by atoms with Crippen LogP contribution >= 0.6 is 11.6 Å². The monoisotopic (exact) mass is 444 g/mol. The number of H-pyrrole nitrogens is 1. The van der Waals surface area contributed by atoms with Crippen molar-refractivity contribution in [3.05, 3.63) is 80.6 Å². The zero-order chi connectivity index (χ0) is 21.9. The van der Waals surface area contributed by atoms with Crippen LogP contribution < -0.4 is 5.56 Å². The summed E-state index contributed by atoms with van der Waals surface area (Å²) in [6, 6.07) is 4.57. The van der Waals surface area contributed by atoms with Gasteiger partial charge in [-0.1, -0.05) is 11.6 Å². The Bertz CT molecular complexity index is 1430. The number of amides is 1. The predicted octanol–water partition coefficient (Wildman–Crippen LogP) is 3.45. The fourth-order valence-electron chi connectivity index (χ4n) is 3.94. The highest BCUT2D eigenvalue weighted by Gasteiger charge is 2.32. The molecule has 1 aliphatic heterocycles. The summed E-state index contributed by atoms with van der Waals surface area (Å²) in [4.78, 5) is 34.0. The molecule has 7 nitrogen and oxygen atoms in total. The molecular formula is C21H15ClF2N4O3. The number of pyridine rings is 2. The van der Waals surface area contributed by atoms with Crippen LogP contribution in [-0.2, 0) is 11.3 Å². The summed E-state index contributed by atoms with van der Waals surface area (Å²) in [5.41, 5.74) is 1.11. The summed E-state index contributed by atoms with van der Waals surface area (Å²) in [5, 5.41) is 0.747. The molecule has 4 aromatic rings. The molecular weight excluding hydrogens is 430 g/mol. The van der Waals surface area contributed by atoms with Gasteiger partial charge >= 0.3 is 0 Å². The number of benzene rings is 1. The fraction of sp³-hybridized carbons (Fsp3) is 0.190. The van der Waals surface area contributed by atoms with E-state index in [1.807, 2.05) is 0 Å². The van der Waals surface area contributed by atoms with Gasteiger partial charge in [0.25, 0.3) is 11.5 Å². The first-order chi connectivity index (χ1) is 14.8. The van der Waals surface area contributed by atoms with Crippen molar-refractivity contribution in [3.63, 3.8) is 0 Å². The normalized spacial score (nSPS) is 15.9. The Hall–Kier alpha value is -3.30. The van der Waals surface area contributed by atoms with Crippen molar-refractivity contribution in [1.29, 1.82) is 0 Å². The summed E-state index contributed by atoms with van der Waals surface area (Å²) < 4.78 is 35.0. The molecule has 1 aromatic carbocycles. The molecule has 4 heterocycles. The maximum atomic E-state index is 14.0. The lowest BCUT2D eigenvalue weighted by Gasteiger charge is -2.33. The molecule has 0 fully saturated rings. The summed E-state index contributed by atoms with van der Waals surface area (Å²) in [7, 11) is 1.57. The minimum atomic E-state index is -1.12. The number of hydrogen-bond donors (Lipinski definition) is 1. The Morgan fingerprint density at radius 2 is 2.00 bits per heavy atom. The molecule has 5 rings (SSSR count). The lowest BCUT2D eigenvalue weighted by molar-refractivity contribution is 0.0333. The molecule has 1 N–H and O–H groups in total. The van der Waals surface area contributed by atoms with E-state index in [0.29, 0.717) is 21.9 Å². The minimum absolute atomic E-state index is 0.00720. The Kier molecular flexibility index (Phi) is 4.53. The van der Waals surface area contributed by atoms with Gasteiger partial charge in [-0.3, -0.25) is 9.59 Å². The Morgan fingerprint density at radius 1 is 1.26 bits per heavy atom. The lowest BCUT2D eigenvalue weighted by Crippen LogP contribution is -2.37. The van der Waals surface area contributed by atoms with Gasteiger partial charge in [-0.05, 0) is 29.7 Å². The number of rotatable bonds is 2. The highest BCUT2D eigenvalue weighted by molar-refractivity contribution is 6.30. The van der Waals surface area contributed by atoms with Crippen LogP contribution in [0.4, 0.5) is 8.78 Å². The van der Waals surface area contributed by atoms with Crippen molar-refractivity contribution in [2.24, 2.45) is 0 Å². The number of likely N-dealkylation sites (N-methyl/N-ethyl adjacent to an activating group) is 1. The second-order valence-corrected chi connectivity index (χ2v) is 7.78. The van der Waals surface area contributed by atoms with Crippen molar-refractivity contribution in [1.82, 2.24) is 19.3 Å². The van der Waals surface area contributed by atoms with E-state index in [2.05, 4.69) is 9.97 Å². The van der Waals surface area contributed by atoms with Crippen LogP contribution in [0, 0.1) is 11.6 Å². The van der Waals surface area contributed by atoms with Crippen LogP contribution in [0.25, 0.3) is 16.4 Å². The molecule has 1 atom stereocenters. The number of hydrogen-bond acceptors (Lipinski definition) is 4. The molecule has 0 spiro atoms. The van der Waals surface area contributed by atoms with Crippen LogP contribution in [0.15, 0.2) is 41.5 Å². The molecule has 158 valence electrons. The molecule has 3 aromatic heterocycles. The Morgan fingerprint density at radius 3 is 2.77 bits per heavy atom. The van der Waals surface area contributed by atoms with Crippen LogP contribution in [0.2, 0.25) is 5.02 Å². The van der Waals surface area contributed by atoms with E-state index in [9.17, 15) is 18.4 Å². The third kappa shape index (κ3) is 3.17. The molecule has 0 saturated carbocycles. The van der Waals surface area contributed by atoms with Gasteiger partial charge in [0.05, 0.1) is 29.7 Å². The third-order valence-corrected chi connectivity index (χ3v) is 5.69. The first-order valence-corrected chi connectivity index (χ1v) is 9.74. The Balaban J connectivity index is 1.61. The number of halogens is 3. The average molecular weight is 445 g/mol. The zero-order valence-electron chi connectivity index (χ0n) is 16.2. The van der Waals surface area contributed by atoms with Gasteiger partial charge in [0, 0.05) is 30.7 Å². The quantitative estimate of drug-likeness (QED) is 0.513. The largest absolute Gasteiger partial charge is 0.373 e. The maximum Gasteiger partial charge on any atom is 0.274 e. The number of carbonyl (C=O) groups is 1. The summed E-state index contributed by atoms with van der Waals surface area (Å²) in [6.45, 7) is 0.208. The minimum Gasteiger partial charge on any atom is -0.373 e. The van der Waals surface area contributed by atoms with Gasteiger partial charge in [-0.2, -0.15) is 0 Å². The van der Waals surface area contributed by atoms with Crippen LogP contribution in [0.1, 0.15) is 27.8 Å².